The van der Waals surface area contributed by atoms with Crippen LogP contribution in [0.5, 0.6) is 0 Å². The Bertz CT molecular complexity index is 650. The first-order chi connectivity index (χ1) is 13.1. The van der Waals surface area contributed by atoms with E-state index in [1.807, 2.05) is 0 Å². The minimum atomic E-state index is 0.0359. The monoisotopic (exact) mass is 471 g/mol. The first-order valence-corrected chi connectivity index (χ1v) is 12.8. The number of likely N-dealkylation sites (tertiary alicyclic amines) is 1. The quantitative estimate of drug-likeness (QED) is 0.440. The number of benzene rings is 1. The average Bonchev–Trinajstić information content (AvgIpc) is 2.61. The zero-order valence-electron chi connectivity index (χ0n) is 18.1. The van der Waals surface area contributed by atoms with Crippen molar-refractivity contribution in [2.24, 2.45) is 4.99 Å². The van der Waals surface area contributed by atoms with Crippen molar-refractivity contribution < 1.29 is 17.7 Å². The molecule has 0 spiro atoms. The molecule has 1 aliphatic heterocycles. The fraction of sp³-hybridized carbons (Fsp3) is 0.636. The molecule has 1 aliphatic rings. The molecule has 0 bridgehead atoms. The van der Waals surface area contributed by atoms with Crippen LogP contribution >= 0.6 is 20.3 Å². The van der Waals surface area contributed by atoms with Crippen molar-refractivity contribution in [1.82, 2.24) is 4.90 Å². The van der Waals surface area contributed by atoms with Gasteiger partial charge < -0.3 is 0 Å². The molecule has 2 unspecified atom stereocenters. The van der Waals surface area contributed by atoms with E-state index in [9.17, 15) is 4.79 Å². The molecule has 3 nitrogen and oxygen atoms in total. The summed E-state index contributed by atoms with van der Waals surface area (Å²) in [6.45, 7) is 12.8. The Kier molecular flexibility index (Phi) is 11.3. The van der Waals surface area contributed by atoms with Gasteiger partial charge in [0.25, 0.3) is 0 Å². The molecule has 1 heterocycles. The molecule has 28 heavy (non-hydrogen) atoms. The van der Waals surface area contributed by atoms with Crippen molar-refractivity contribution in [3.8, 4) is 0 Å². The molecule has 1 aromatic carbocycles. The van der Waals surface area contributed by atoms with Crippen molar-refractivity contribution in [2.75, 3.05) is 7.05 Å². The molecule has 0 saturated carbocycles. The molecular formula is C22H34Cl2CoN2O. The van der Waals surface area contributed by atoms with Crippen LogP contribution in [0.25, 0.3) is 0 Å². The van der Waals surface area contributed by atoms with Crippen molar-refractivity contribution in [3.63, 3.8) is 0 Å². The van der Waals surface area contributed by atoms with E-state index in [1.54, 1.807) is 6.92 Å². The third-order valence-electron chi connectivity index (χ3n) is 5.52. The Hall–Kier alpha value is -0.394. The van der Waals surface area contributed by atoms with E-state index < -0.39 is 0 Å². The summed E-state index contributed by atoms with van der Waals surface area (Å²) in [6, 6.07) is 6.84. The van der Waals surface area contributed by atoms with E-state index in [4.69, 9.17) is 25.3 Å². The molecule has 0 radical (unpaired) electrons. The van der Waals surface area contributed by atoms with Crippen LogP contribution in [0.4, 0.5) is 5.69 Å². The SMILES string of the molecule is CC(=O)C1CCCC(C(C)=Nc2c(C(C)C)cccc2C(C)C)N1C.[Cl][Co][Cl]. The number of halogens is 2. The van der Waals surface area contributed by atoms with Crippen LogP contribution in [-0.4, -0.2) is 35.5 Å². The summed E-state index contributed by atoms with van der Waals surface area (Å²) >= 11 is 0.382. The van der Waals surface area contributed by atoms with Gasteiger partial charge in [-0.05, 0) is 63.1 Å². The van der Waals surface area contributed by atoms with Crippen molar-refractivity contribution in [1.29, 1.82) is 0 Å². The second kappa shape index (κ2) is 12.3. The van der Waals surface area contributed by atoms with Gasteiger partial charge in [-0.2, -0.15) is 0 Å². The Labute approximate surface area is 185 Å². The fourth-order valence-corrected chi connectivity index (χ4v) is 4.01. The number of hydrogen-bond acceptors (Lipinski definition) is 3. The number of hydrogen-bond donors (Lipinski definition) is 0. The molecule has 0 aromatic heterocycles. The fourth-order valence-electron chi connectivity index (χ4n) is 4.01. The Balaban J connectivity index is 0.00000122. The molecule has 1 saturated heterocycles. The average molecular weight is 472 g/mol. The molecule has 161 valence electrons. The van der Waals surface area contributed by atoms with E-state index in [2.05, 4.69) is 64.8 Å². The van der Waals surface area contributed by atoms with Crippen molar-refractivity contribution in [3.05, 3.63) is 29.3 Å². The van der Waals surface area contributed by atoms with Crippen LogP contribution in [-0.2, 0) is 17.7 Å². The zero-order valence-corrected chi connectivity index (χ0v) is 20.6. The van der Waals surface area contributed by atoms with Crippen LogP contribution < -0.4 is 0 Å². The first-order valence-electron chi connectivity index (χ1n) is 9.89. The van der Waals surface area contributed by atoms with Gasteiger partial charge in [-0.3, -0.25) is 14.7 Å². The van der Waals surface area contributed by atoms with Gasteiger partial charge in [-0.1, -0.05) is 45.9 Å². The summed E-state index contributed by atoms with van der Waals surface area (Å²) in [5, 5.41) is 0. The van der Waals surface area contributed by atoms with Crippen LogP contribution in [0.3, 0.4) is 0 Å². The summed E-state index contributed by atoms with van der Waals surface area (Å²) in [5.74, 6) is 1.16. The molecule has 1 fully saturated rings. The molecule has 6 heteroatoms. The number of ketones is 1. The number of para-hydroxylation sites is 1. The summed E-state index contributed by atoms with van der Waals surface area (Å²) in [5.41, 5.74) is 4.89. The molecule has 0 amide bonds. The van der Waals surface area contributed by atoms with Gasteiger partial charge in [0.15, 0.2) is 0 Å². The third kappa shape index (κ3) is 6.84. The number of piperidine rings is 1. The van der Waals surface area contributed by atoms with Gasteiger partial charge in [0.05, 0.1) is 11.7 Å². The van der Waals surface area contributed by atoms with Crippen LogP contribution in [0.2, 0.25) is 0 Å². The normalized spacial score (nSPS) is 21.0. The summed E-state index contributed by atoms with van der Waals surface area (Å²) in [7, 11) is 11.5. The van der Waals surface area contributed by atoms with E-state index in [0.29, 0.717) is 24.7 Å². The zero-order chi connectivity index (χ0) is 21.4. The van der Waals surface area contributed by atoms with Gasteiger partial charge in [0, 0.05) is 11.8 Å². The van der Waals surface area contributed by atoms with Crippen LogP contribution in [0.15, 0.2) is 23.2 Å². The number of aliphatic imine (C=N–C) groups is 1. The van der Waals surface area contributed by atoms with Gasteiger partial charge in [-0.15, -0.1) is 0 Å². The Morgan fingerprint density at radius 3 is 1.96 bits per heavy atom. The van der Waals surface area contributed by atoms with Gasteiger partial charge in [-0.25, -0.2) is 0 Å². The summed E-state index contributed by atoms with van der Waals surface area (Å²) in [4.78, 5) is 19.3. The molecule has 2 atom stereocenters. The minimum absolute atomic E-state index is 0.0359. The molecule has 1 aromatic rings. The number of likely N-dealkylation sites (N-methyl/N-ethyl adjacent to an activating group) is 1. The van der Waals surface area contributed by atoms with Crippen LogP contribution in [0, 0.1) is 0 Å². The van der Waals surface area contributed by atoms with Crippen molar-refractivity contribution >= 4 is 37.5 Å². The number of rotatable bonds is 5. The molecule has 0 N–H and O–H groups in total. The number of Topliss-reactive ketones (excluding diaryl/α,β-unsaturated/α-hetero) is 1. The Morgan fingerprint density at radius 1 is 1.07 bits per heavy atom. The van der Waals surface area contributed by atoms with Gasteiger partial charge in [0.1, 0.15) is 5.78 Å². The van der Waals surface area contributed by atoms with E-state index >= 15 is 0 Å². The molecular weight excluding hydrogens is 438 g/mol. The topological polar surface area (TPSA) is 32.7 Å². The van der Waals surface area contributed by atoms with E-state index in [-0.39, 0.29) is 17.9 Å². The summed E-state index contributed by atoms with van der Waals surface area (Å²) in [6.07, 6.45) is 3.14. The van der Waals surface area contributed by atoms with Gasteiger partial charge in [0.2, 0.25) is 0 Å². The number of nitrogens with zero attached hydrogens (tertiary/aromatic N) is 2. The van der Waals surface area contributed by atoms with E-state index in [1.165, 1.54) is 11.1 Å². The maximum absolute atomic E-state index is 11.9. The molecule has 0 aliphatic carbocycles. The second-order valence-electron chi connectivity index (χ2n) is 8.13. The van der Waals surface area contributed by atoms with E-state index in [0.717, 1.165) is 30.7 Å². The second-order valence-corrected chi connectivity index (χ2v) is 9.85. The molecule has 2 rings (SSSR count). The number of carbonyl (C=O) groups excluding carboxylic acids is 1. The van der Waals surface area contributed by atoms with Gasteiger partial charge >= 0.3 is 33.2 Å². The third-order valence-corrected chi connectivity index (χ3v) is 5.52. The predicted octanol–water partition coefficient (Wildman–Crippen LogP) is 6.84. The standard InChI is InChI=1S/C22H34N2O.2ClH.Co/c1-14(2)18-10-8-11-19(15(3)4)22(18)23-16(5)20-12-9-13-21(17(6)25)24(20)7;;;/h8,10-11,14-15,20-21H,9,12-13H2,1-7H3;2*1H;/q;;;+2/p-2. The number of carbonyl (C=O) groups is 1. The summed E-state index contributed by atoms with van der Waals surface area (Å²) < 4.78 is 0. The van der Waals surface area contributed by atoms with Crippen molar-refractivity contribution in [2.45, 2.75) is 84.7 Å². The first kappa shape index (κ1) is 25.6. The Morgan fingerprint density at radius 2 is 1.54 bits per heavy atom. The van der Waals surface area contributed by atoms with Crippen LogP contribution in [0.1, 0.15) is 83.8 Å². The predicted molar refractivity (Wildman–Crippen MR) is 119 cm³/mol. The maximum atomic E-state index is 11.9.